The van der Waals surface area contributed by atoms with Gasteiger partial charge in [-0.15, -0.1) is 0 Å². The minimum absolute atomic E-state index is 0.101. The zero-order valence-corrected chi connectivity index (χ0v) is 12.0. The minimum atomic E-state index is -0.474. The van der Waals surface area contributed by atoms with Crippen LogP contribution in [0.25, 0.3) is 0 Å². The van der Waals surface area contributed by atoms with Crippen molar-refractivity contribution in [2.45, 2.75) is 31.8 Å². The van der Waals surface area contributed by atoms with Gasteiger partial charge in [0.25, 0.3) is 5.69 Å². The highest BCUT2D eigenvalue weighted by molar-refractivity contribution is 5.61. The van der Waals surface area contributed by atoms with E-state index in [1.165, 1.54) is 12.8 Å². The highest BCUT2D eigenvalue weighted by atomic mass is 16.6. The van der Waals surface area contributed by atoms with Gasteiger partial charge in [0, 0.05) is 36.9 Å². The van der Waals surface area contributed by atoms with Gasteiger partial charge in [0.1, 0.15) is 11.6 Å². The molecule has 21 heavy (non-hydrogen) atoms. The van der Waals surface area contributed by atoms with Crippen LogP contribution in [0.1, 0.15) is 25.3 Å². The van der Waals surface area contributed by atoms with Crippen molar-refractivity contribution in [3.05, 3.63) is 33.9 Å². The quantitative estimate of drug-likeness (QED) is 0.615. The first-order chi connectivity index (χ1) is 10.1. The zero-order valence-electron chi connectivity index (χ0n) is 12.0. The van der Waals surface area contributed by atoms with Gasteiger partial charge in [-0.25, -0.2) is 0 Å². The maximum atomic E-state index is 11.1. The van der Waals surface area contributed by atoms with Crippen molar-refractivity contribution in [2.24, 2.45) is 0 Å². The minimum Gasteiger partial charge on any atom is -0.366 e. The number of nitro groups is 1. The van der Waals surface area contributed by atoms with Crippen LogP contribution in [0.5, 0.6) is 0 Å². The Kier molecular flexibility index (Phi) is 3.52. The molecule has 3 rings (SSSR count). The van der Waals surface area contributed by atoms with Crippen molar-refractivity contribution in [3.8, 4) is 6.07 Å². The van der Waals surface area contributed by atoms with Crippen molar-refractivity contribution < 1.29 is 4.92 Å². The second-order valence-corrected chi connectivity index (χ2v) is 5.86. The lowest BCUT2D eigenvalue weighted by Crippen LogP contribution is -2.55. The van der Waals surface area contributed by atoms with Crippen molar-refractivity contribution in [3.63, 3.8) is 0 Å². The molecule has 2 fully saturated rings. The second-order valence-electron chi connectivity index (χ2n) is 5.86. The van der Waals surface area contributed by atoms with E-state index in [1.54, 1.807) is 12.1 Å². The summed E-state index contributed by atoms with van der Waals surface area (Å²) in [5, 5.41) is 20.1. The predicted octanol–water partition coefficient (Wildman–Crippen LogP) is 2.14. The molecule has 0 aromatic heterocycles. The zero-order chi connectivity index (χ0) is 15.0. The Morgan fingerprint density at radius 2 is 2.24 bits per heavy atom. The fourth-order valence-corrected chi connectivity index (χ4v) is 3.49. The molecule has 0 saturated carbocycles. The lowest BCUT2D eigenvalue weighted by molar-refractivity contribution is -0.385. The molecule has 110 valence electrons. The monoisotopic (exact) mass is 286 g/mol. The van der Waals surface area contributed by atoms with Crippen molar-refractivity contribution in [1.82, 2.24) is 4.90 Å². The molecule has 6 nitrogen and oxygen atoms in total. The number of anilines is 1. The molecule has 2 unspecified atom stereocenters. The summed E-state index contributed by atoms with van der Waals surface area (Å²) >= 11 is 0. The maximum absolute atomic E-state index is 11.1. The molecule has 0 aliphatic carbocycles. The number of nitro benzene ring substituents is 1. The van der Waals surface area contributed by atoms with Crippen LogP contribution in [0, 0.1) is 21.4 Å². The SMILES string of the molecule is CC1CN2CCCC2CN1c1ccc(C#N)c([N+](=O)[O-])c1. The van der Waals surface area contributed by atoms with Crippen LogP contribution in [0.4, 0.5) is 11.4 Å². The van der Waals surface area contributed by atoms with E-state index in [2.05, 4.69) is 16.7 Å². The first-order valence-corrected chi connectivity index (χ1v) is 7.29. The Hall–Kier alpha value is -2.13. The van der Waals surface area contributed by atoms with E-state index in [0.29, 0.717) is 12.1 Å². The molecule has 1 aromatic rings. The van der Waals surface area contributed by atoms with Crippen LogP contribution < -0.4 is 4.90 Å². The van der Waals surface area contributed by atoms with Crippen LogP contribution in [0.3, 0.4) is 0 Å². The number of nitriles is 1. The summed E-state index contributed by atoms with van der Waals surface area (Å²) in [4.78, 5) is 15.4. The number of hydrogen-bond acceptors (Lipinski definition) is 5. The average molecular weight is 286 g/mol. The molecule has 2 saturated heterocycles. The van der Waals surface area contributed by atoms with Crippen LogP contribution in [-0.4, -0.2) is 41.5 Å². The number of benzene rings is 1. The third-order valence-corrected chi connectivity index (χ3v) is 4.57. The van der Waals surface area contributed by atoms with Crippen molar-refractivity contribution in [1.29, 1.82) is 5.26 Å². The van der Waals surface area contributed by atoms with E-state index < -0.39 is 4.92 Å². The van der Waals surface area contributed by atoms with Gasteiger partial charge in [0.05, 0.1) is 4.92 Å². The summed E-state index contributed by atoms with van der Waals surface area (Å²) in [7, 11) is 0. The molecule has 2 aliphatic heterocycles. The Labute approximate surface area is 123 Å². The lowest BCUT2D eigenvalue weighted by Gasteiger charge is -2.43. The second kappa shape index (κ2) is 5.34. The summed E-state index contributed by atoms with van der Waals surface area (Å²) in [5.74, 6) is 0. The lowest BCUT2D eigenvalue weighted by atomic mass is 10.1. The fourth-order valence-electron chi connectivity index (χ4n) is 3.49. The Morgan fingerprint density at radius 3 is 2.95 bits per heavy atom. The smallest absolute Gasteiger partial charge is 0.289 e. The van der Waals surface area contributed by atoms with Crippen LogP contribution in [0.2, 0.25) is 0 Å². The summed E-state index contributed by atoms with van der Waals surface area (Å²) in [5.41, 5.74) is 0.867. The van der Waals surface area contributed by atoms with Gasteiger partial charge in [-0.3, -0.25) is 15.0 Å². The van der Waals surface area contributed by atoms with E-state index in [4.69, 9.17) is 5.26 Å². The van der Waals surface area contributed by atoms with Gasteiger partial charge < -0.3 is 4.90 Å². The van der Waals surface area contributed by atoms with E-state index in [9.17, 15) is 10.1 Å². The van der Waals surface area contributed by atoms with E-state index in [-0.39, 0.29) is 11.3 Å². The van der Waals surface area contributed by atoms with Gasteiger partial charge in [-0.1, -0.05) is 0 Å². The molecule has 6 heteroatoms. The standard InChI is InChI=1S/C15H18N4O2/c1-11-9-17-6-2-3-14(17)10-18(11)13-5-4-12(8-16)15(7-13)19(20)21/h4-5,7,11,14H,2-3,6,9-10H2,1H3. The topological polar surface area (TPSA) is 73.4 Å². The number of fused-ring (bicyclic) bond motifs is 1. The van der Waals surface area contributed by atoms with Crippen molar-refractivity contribution in [2.75, 3.05) is 24.5 Å². The third kappa shape index (κ3) is 2.45. The molecule has 0 bridgehead atoms. The number of nitrogens with zero attached hydrogens (tertiary/aromatic N) is 4. The molecule has 2 atom stereocenters. The summed E-state index contributed by atoms with van der Waals surface area (Å²) in [6, 6.07) is 7.69. The molecule has 0 radical (unpaired) electrons. The van der Waals surface area contributed by atoms with Crippen LogP contribution in [-0.2, 0) is 0 Å². The molecular formula is C15H18N4O2. The van der Waals surface area contributed by atoms with E-state index in [1.807, 2.05) is 12.1 Å². The van der Waals surface area contributed by atoms with Crippen LogP contribution in [0.15, 0.2) is 18.2 Å². The summed E-state index contributed by atoms with van der Waals surface area (Å²) in [6.07, 6.45) is 2.43. The molecule has 2 aliphatic rings. The van der Waals surface area contributed by atoms with Crippen molar-refractivity contribution >= 4 is 11.4 Å². The van der Waals surface area contributed by atoms with Gasteiger partial charge >= 0.3 is 0 Å². The molecule has 0 N–H and O–H groups in total. The maximum Gasteiger partial charge on any atom is 0.289 e. The molecule has 2 heterocycles. The van der Waals surface area contributed by atoms with E-state index >= 15 is 0 Å². The average Bonchev–Trinajstić information content (AvgIpc) is 2.92. The highest BCUT2D eigenvalue weighted by Gasteiger charge is 2.34. The Morgan fingerprint density at radius 1 is 1.43 bits per heavy atom. The molecular weight excluding hydrogens is 268 g/mol. The van der Waals surface area contributed by atoms with Gasteiger partial charge in [-0.05, 0) is 38.4 Å². The van der Waals surface area contributed by atoms with Crippen LogP contribution >= 0.6 is 0 Å². The first kappa shape index (κ1) is 13.8. The number of piperazine rings is 1. The molecule has 0 amide bonds. The highest BCUT2D eigenvalue weighted by Crippen LogP contribution is 2.31. The largest absolute Gasteiger partial charge is 0.366 e. The van der Waals surface area contributed by atoms with E-state index in [0.717, 1.165) is 25.3 Å². The van der Waals surface area contributed by atoms with Gasteiger partial charge in [0.2, 0.25) is 0 Å². The summed E-state index contributed by atoms with van der Waals surface area (Å²) in [6.45, 7) is 5.22. The molecule has 0 spiro atoms. The number of rotatable bonds is 2. The third-order valence-electron chi connectivity index (χ3n) is 4.57. The first-order valence-electron chi connectivity index (χ1n) is 7.29. The van der Waals surface area contributed by atoms with Gasteiger partial charge in [-0.2, -0.15) is 5.26 Å². The predicted molar refractivity (Wildman–Crippen MR) is 79.2 cm³/mol. The fraction of sp³-hybridized carbons (Fsp3) is 0.533. The Balaban J connectivity index is 1.91. The Bertz CT molecular complexity index is 610. The normalized spacial score (nSPS) is 25.4. The van der Waals surface area contributed by atoms with Gasteiger partial charge in [0.15, 0.2) is 0 Å². The number of hydrogen-bond donors (Lipinski definition) is 0. The summed E-state index contributed by atoms with van der Waals surface area (Å²) < 4.78 is 0. The molecule has 1 aromatic carbocycles.